The van der Waals surface area contributed by atoms with Crippen LogP contribution in [-0.4, -0.2) is 26.2 Å². The van der Waals surface area contributed by atoms with Crippen LogP contribution in [0.1, 0.15) is 29.6 Å². The van der Waals surface area contributed by atoms with Gasteiger partial charge in [-0.15, -0.1) is 0 Å². The lowest BCUT2D eigenvalue weighted by Gasteiger charge is -2.15. The van der Waals surface area contributed by atoms with E-state index in [9.17, 15) is 9.18 Å². The van der Waals surface area contributed by atoms with Crippen molar-refractivity contribution in [3.63, 3.8) is 0 Å². The quantitative estimate of drug-likeness (QED) is 0.870. The Kier molecular flexibility index (Phi) is 4.58. The van der Waals surface area contributed by atoms with E-state index in [0.29, 0.717) is 17.6 Å². The smallest absolute Gasteiger partial charge is 0.254 e. The first-order valence-electron chi connectivity index (χ1n) is 6.28. The van der Waals surface area contributed by atoms with Gasteiger partial charge in [-0.25, -0.2) is 4.39 Å². The van der Waals surface area contributed by atoms with Crippen molar-refractivity contribution in [2.75, 3.05) is 20.3 Å². The number of amides is 1. The van der Waals surface area contributed by atoms with Crippen molar-refractivity contribution >= 4 is 21.8 Å². The fourth-order valence-electron chi connectivity index (χ4n) is 2.05. The van der Waals surface area contributed by atoms with Gasteiger partial charge in [0.25, 0.3) is 5.91 Å². The Morgan fingerprint density at radius 1 is 1.53 bits per heavy atom. The molecule has 1 aromatic rings. The first kappa shape index (κ1) is 14.5. The number of ether oxygens (including phenoxy) is 1. The Morgan fingerprint density at radius 3 is 2.89 bits per heavy atom. The molecule has 5 heteroatoms. The lowest BCUT2D eigenvalue weighted by atomic mass is 10.0. The van der Waals surface area contributed by atoms with Crippen LogP contribution in [0.5, 0.6) is 0 Å². The number of methoxy groups -OCH3 is 1. The molecule has 0 radical (unpaired) electrons. The van der Waals surface area contributed by atoms with Gasteiger partial charge in [0.15, 0.2) is 0 Å². The number of rotatable bonds is 6. The van der Waals surface area contributed by atoms with Crippen LogP contribution >= 0.6 is 15.9 Å². The van der Waals surface area contributed by atoms with Crippen molar-refractivity contribution < 1.29 is 13.9 Å². The molecule has 0 aromatic heterocycles. The molecule has 0 saturated heterocycles. The molecule has 1 saturated carbocycles. The van der Waals surface area contributed by atoms with Gasteiger partial charge >= 0.3 is 0 Å². The number of carbonyl (C=O) groups is 1. The molecule has 0 spiro atoms. The summed E-state index contributed by atoms with van der Waals surface area (Å²) in [7, 11) is 1.67. The van der Waals surface area contributed by atoms with E-state index in [1.807, 2.05) is 0 Å². The Hall–Kier alpha value is -0.940. The number of benzene rings is 1. The number of halogens is 2. The first-order chi connectivity index (χ1) is 9.06. The molecular weight excluding hydrogens is 313 g/mol. The Balaban J connectivity index is 1.93. The zero-order chi connectivity index (χ0) is 13.9. The maximum atomic E-state index is 13.6. The summed E-state index contributed by atoms with van der Waals surface area (Å²) in [6.07, 6.45) is 3.12. The number of hydrogen-bond donors (Lipinski definition) is 1. The Labute approximate surface area is 120 Å². The topological polar surface area (TPSA) is 38.3 Å². The largest absolute Gasteiger partial charge is 0.385 e. The van der Waals surface area contributed by atoms with E-state index in [-0.39, 0.29) is 16.9 Å². The summed E-state index contributed by atoms with van der Waals surface area (Å²) in [5.74, 6) is -0.857. The zero-order valence-corrected chi connectivity index (χ0v) is 12.4. The monoisotopic (exact) mass is 329 g/mol. The van der Waals surface area contributed by atoms with Crippen LogP contribution in [0.4, 0.5) is 4.39 Å². The summed E-state index contributed by atoms with van der Waals surface area (Å²) in [6, 6.07) is 4.36. The second-order valence-electron chi connectivity index (χ2n) is 5.05. The number of nitrogens with one attached hydrogen (secondary N) is 1. The van der Waals surface area contributed by atoms with Gasteiger partial charge < -0.3 is 10.1 Å². The molecule has 1 fully saturated rings. The van der Waals surface area contributed by atoms with Crippen LogP contribution in [0, 0.1) is 11.2 Å². The van der Waals surface area contributed by atoms with Crippen LogP contribution < -0.4 is 5.32 Å². The molecule has 1 amide bonds. The zero-order valence-electron chi connectivity index (χ0n) is 10.8. The van der Waals surface area contributed by atoms with Crippen molar-refractivity contribution in [2.45, 2.75) is 19.3 Å². The predicted octanol–water partition coefficient (Wildman–Crippen LogP) is 3.13. The molecule has 19 heavy (non-hydrogen) atoms. The fourth-order valence-corrected chi connectivity index (χ4v) is 2.41. The SMILES string of the molecule is COCCC1(CNC(=O)c2cc(Br)ccc2F)CC1. The van der Waals surface area contributed by atoms with Crippen LogP contribution in [0.3, 0.4) is 0 Å². The molecule has 0 bridgehead atoms. The summed E-state index contributed by atoms with van der Waals surface area (Å²) in [4.78, 5) is 12.0. The highest BCUT2D eigenvalue weighted by atomic mass is 79.9. The average Bonchev–Trinajstić information content (AvgIpc) is 3.17. The molecule has 1 N–H and O–H groups in total. The molecule has 0 unspecified atom stereocenters. The summed E-state index contributed by atoms with van der Waals surface area (Å²) in [5, 5.41) is 2.82. The van der Waals surface area contributed by atoms with E-state index in [1.54, 1.807) is 13.2 Å². The van der Waals surface area contributed by atoms with Crippen molar-refractivity contribution in [1.29, 1.82) is 0 Å². The number of hydrogen-bond acceptors (Lipinski definition) is 2. The van der Waals surface area contributed by atoms with Gasteiger partial charge in [0.1, 0.15) is 5.82 Å². The van der Waals surface area contributed by atoms with E-state index >= 15 is 0 Å². The maximum absolute atomic E-state index is 13.6. The molecule has 0 atom stereocenters. The third kappa shape index (κ3) is 3.76. The molecule has 0 aliphatic heterocycles. The standard InChI is InChI=1S/C14H17BrFNO2/c1-19-7-6-14(4-5-14)9-17-13(18)11-8-10(15)2-3-12(11)16/h2-3,8H,4-7,9H2,1H3,(H,17,18). The summed E-state index contributed by atoms with van der Waals surface area (Å²) >= 11 is 3.24. The van der Waals surface area contributed by atoms with Gasteiger partial charge in [0.2, 0.25) is 0 Å². The van der Waals surface area contributed by atoms with Crippen molar-refractivity contribution in [1.82, 2.24) is 5.32 Å². The second-order valence-corrected chi connectivity index (χ2v) is 5.97. The molecule has 1 aliphatic carbocycles. The molecule has 104 valence electrons. The number of carbonyl (C=O) groups excluding carboxylic acids is 1. The lowest BCUT2D eigenvalue weighted by molar-refractivity contribution is 0.0934. The highest BCUT2D eigenvalue weighted by Crippen LogP contribution is 2.48. The van der Waals surface area contributed by atoms with Crippen molar-refractivity contribution in [2.24, 2.45) is 5.41 Å². The fraction of sp³-hybridized carbons (Fsp3) is 0.500. The normalized spacial score (nSPS) is 16.2. The van der Waals surface area contributed by atoms with Crippen LogP contribution in [0.15, 0.2) is 22.7 Å². The van der Waals surface area contributed by atoms with E-state index in [4.69, 9.17) is 4.74 Å². The third-order valence-corrected chi connectivity index (χ3v) is 4.08. The van der Waals surface area contributed by atoms with Crippen LogP contribution in [-0.2, 0) is 4.74 Å². The van der Waals surface area contributed by atoms with E-state index in [1.165, 1.54) is 12.1 Å². The Morgan fingerprint density at radius 2 is 2.26 bits per heavy atom. The van der Waals surface area contributed by atoms with Gasteiger partial charge in [-0.2, -0.15) is 0 Å². The molecular formula is C14H17BrFNO2. The van der Waals surface area contributed by atoms with Gasteiger partial charge in [0, 0.05) is 24.7 Å². The summed E-state index contributed by atoms with van der Waals surface area (Å²) in [6.45, 7) is 1.28. The summed E-state index contributed by atoms with van der Waals surface area (Å²) < 4.78 is 19.3. The minimum atomic E-state index is -0.498. The minimum Gasteiger partial charge on any atom is -0.385 e. The summed E-state index contributed by atoms with van der Waals surface area (Å²) in [5.41, 5.74) is 0.241. The minimum absolute atomic E-state index is 0.0805. The third-order valence-electron chi connectivity index (χ3n) is 3.59. The molecule has 1 aromatic carbocycles. The first-order valence-corrected chi connectivity index (χ1v) is 7.08. The lowest BCUT2D eigenvalue weighted by Crippen LogP contribution is -2.31. The van der Waals surface area contributed by atoms with Crippen LogP contribution in [0.2, 0.25) is 0 Å². The van der Waals surface area contributed by atoms with Crippen LogP contribution in [0.25, 0.3) is 0 Å². The molecule has 0 heterocycles. The maximum Gasteiger partial charge on any atom is 0.254 e. The average molecular weight is 330 g/mol. The van der Waals surface area contributed by atoms with Gasteiger partial charge in [-0.1, -0.05) is 15.9 Å². The Bertz CT molecular complexity index is 475. The van der Waals surface area contributed by atoms with E-state index in [2.05, 4.69) is 21.2 Å². The van der Waals surface area contributed by atoms with Gasteiger partial charge in [-0.3, -0.25) is 4.79 Å². The predicted molar refractivity (Wildman–Crippen MR) is 74.6 cm³/mol. The molecule has 1 aliphatic rings. The second kappa shape index (κ2) is 6.01. The van der Waals surface area contributed by atoms with Gasteiger partial charge in [0.05, 0.1) is 5.56 Å². The highest BCUT2D eigenvalue weighted by molar-refractivity contribution is 9.10. The highest BCUT2D eigenvalue weighted by Gasteiger charge is 2.42. The van der Waals surface area contributed by atoms with E-state index < -0.39 is 5.82 Å². The van der Waals surface area contributed by atoms with Crippen molar-refractivity contribution in [3.8, 4) is 0 Å². The molecule has 3 nitrogen and oxygen atoms in total. The molecule has 2 rings (SSSR count). The van der Waals surface area contributed by atoms with Crippen molar-refractivity contribution in [3.05, 3.63) is 34.1 Å². The van der Waals surface area contributed by atoms with E-state index in [0.717, 1.165) is 19.3 Å². The van der Waals surface area contributed by atoms with Gasteiger partial charge in [-0.05, 0) is 42.9 Å².